The Labute approximate surface area is 143 Å². The van der Waals surface area contributed by atoms with Crippen molar-refractivity contribution in [2.45, 2.75) is 44.4 Å². The maximum atomic E-state index is 12.2. The van der Waals surface area contributed by atoms with E-state index in [0.717, 1.165) is 12.1 Å². The van der Waals surface area contributed by atoms with Gasteiger partial charge in [0.2, 0.25) is 0 Å². The molecule has 136 valence electrons. The summed E-state index contributed by atoms with van der Waals surface area (Å²) in [5.41, 5.74) is -4.78. The van der Waals surface area contributed by atoms with E-state index in [-0.39, 0.29) is 15.8 Å². The summed E-state index contributed by atoms with van der Waals surface area (Å²) in [6, 6.07) is 5.14. The van der Waals surface area contributed by atoms with Gasteiger partial charge in [-0.05, 0) is 24.1 Å². The van der Waals surface area contributed by atoms with E-state index in [1.54, 1.807) is 6.92 Å². The normalized spacial score (nSPS) is 14.3. The third-order valence-corrected chi connectivity index (χ3v) is 4.96. The van der Waals surface area contributed by atoms with Crippen LogP contribution in [0.5, 0.6) is 5.75 Å². The number of carbonyl (C=O) groups is 1. The van der Waals surface area contributed by atoms with Crippen molar-refractivity contribution in [1.29, 1.82) is 0 Å². The molecule has 0 saturated heterocycles. The van der Waals surface area contributed by atoms with E-state index >= 15 is 0 Å². The second-order valence-corrected chi connectivity index (χ2v) is 9.63. The number of halogens is 3. The summed E-state index contributed by atoms with van der Waals surface area (Å²) in [6.45, 7) is 7.54. The topological polar surface area (TPSA) is 60.4 Å². The van der Waals surface area contributed by atoms with Crippen LogP contribution in [-0.2, 0) is 21.3 Å². The molecule has 24 heavy (non-hydrogen) atoms. The van der Waals surface area contributed by atoms with E-state index in [1.807, 2.05) is 20.8 Å². The summed E-state index contributed by atoms with van der Waals surface area (Å²) in [4.78, 5) is 12.1. The van der Waals surface area contributed by atoms with Crippen molar-refractivity contribution in [3.8, 4) is 5.75 Å². The summed E-state index contributed by atoms with van der Waals surface area (Å²) in [5.74, 6) is -0.709. The average molecular weight is 384 g/mol. The molecular weight excluding hydrogens is 365 g/mol. The van der Waals surface area contributed by atoms with Gasteiger partial charge in [-0.25, -0.2) is 0 Å². The van der Waals surface area contributed by atoms with Crippen molar-refractivity contribution in [1.82, 2.24) is 0 Å². The van der Waals surface area contributed by atoms with E-state index in [2.05, 4.69) is 4.18 Å². The first-order valence-corrected chi connectivity index (χ1v) is 9.26. The van der Waals surface area contributed by atoms with Crippen molar-refractivity contribution >= 4 is 27.0 Å². The molecule has 9 heteroatoms. The van der Waals surface area contributed by atoms with Gasteiger partial charge in [-0.1, -0.05) is 51.6 Å². The summed E-state index contributed by atoms with van der Waals surface area (Å²) in [5, 5.41) is 0.0162. The largest absolute Gasteiger partial charge is 0.534 e. The molecule has 1 aromatic carbocycles. The highest BCUT2D eigenvalue weighted by molar-refractivity contribution is 8.14. The smallest absolute Gasteiger partial charge is 0.376 e. The predicted octanol–water partition coefficient (Wildman–Crippen LogP) is 4.15. The predicted molar refractivity (Wildman–Crippen MR) is 87.3 cm³/mol. The summed E-state index contributed by atoms with van der Waals surface area (Å²) >= 11 is 1.23. The van der Waals surface area contributed by atoms with Gasteiger partial charge in [-0.15, -0.1) is 0 Å². The van der Waals surface area contributed by atoms with Gasteiger partial charge in [0.05, 0.1) is 0 Å². The van der Waals surface area contributed by atoms with Crippen LogP contribution < -0.4 is 4.18 Å². The Bertz CT molecular complexity index is 674. The first-order chi connectivity index (χ1) is 10.7. The van der Waals surface area contributed by atoms with Gasteiger partial charge in [0.1, 0.15) is 5.75 Å². The molecule has 0 heterocycles. The molecule has 0 aliphatic heterocycles. The molecule has 0 N–H and O–H groups in total. The number of rotatable bonds is 5. The highest BCUT2D eigenvalue weighted by Gasteiger charge is 2.48. The number of hydrogen-bond donors (Lipinski definition) is 0. The molecule has 4 nitrogen and oxygen atoms in total. The number of hydrogen-bond acceptors (Lipinski definition) is 5. The minimum Gasteiger partial charge on any atom is -0.376 e. The van der Waals surface area contributed by atoms with Gasteiger partial charge in [-0.2, -0.15) is 21.6 Å². The fourth-order valence-corrected chi connectivity index (χ4v) is 3.04. The third-order valence-electron chi connectivity index (χ3n) is 2.76. The lowest BCUT2D eigenvalue weighted by atomic mass is 10.0. The van der Waals surface area contributed by atoms with Gasteiger partial charge in [0.15, 0.2) is 5.12 Å². The summed E-state index contributed by atoms with van der Waals surface area (Å²) in [6.07, 6.45) is 0.397. The lowest BCUT2D eigenvalue weighted by Gasteiger charge is -2.19. The Morgan fingerprint density at radius 3 is 2.08 bits per heavy atom. The van der Waals surface area contributed by atoms with Gasteiger partial charge in [0.25, 0.3) is 0 Å². The maximum absolute atomic E-state index is 12.2. The van der Waals surface area contributed by atoms with Crippen LogP contribution in [0.2, 0.25) is 0 Å². The molecule has 0 bridgehead atoms. The minimum absolute atomic E-state index is 0.0162. The number of alkyl halides is 3. The lowest BCUT2D eigenvalue weighted by Crippen LogP contribution is -2.28. The van der Waals surface area contributed by atoms with Crippen molar-refractivity contribution in [3.63, 3.8) is 0 Å². The first kappa shape index (κ1) is 20.8. The standard InChI is InChI=1S/C15H19F3O4S2/c1-10(13(19)23-14(2,3)4)9-11-5-7-12(8-6-11)22-24(20,21)15(16,17)18/h5-8,10H,9H2,1-4H3. The van der Waals surface area contributed by atoms with E-state index < -0.39 is 21.4 Å². The monoisotopic (exact) mass is 384 g/mol. The zero-order chi connectivity index (χ0) is 18.8. The van der Waals surface area contributed by atoms with Crippen molar-refractivity contribution < 1.29 is 30.6 Å². The molecule has 0 aliphatic carbocycles. The van der Waals surface area contributed by atoms with Crippen molar-refractivity contribution in [3.05, 3.63) is 29.8 Å². The lowest BCUT2D eigenvalue weighted by molar-refractivity contribution is -0.113. The van der Waals surface area contributed by atoms with Crippen LogP contribution in [0.1, 0.15) is 33.3 Å². The van der Waals surface area contributed by atoms with Crippen molar-refractivity contribution in [2.75, 3.05) is 0 Å². The number of thioether (sulfide) groups is 1. The second kappa shape index (κ2) is 7.35. The molecule has 0 amide bonds. The van der Waals surface area contributed by atoms with Crippen LogP contribution >= 0.6 is 11.8 Å². The van der Waals surface area contributed by atoms with E-state index in [1.165, 1.54) is 23.9 Å². The minimum atomic E-state index is -5.68. The van der Waals surface area contributed by atoms with Gasteiger partial charge in [0, 0.05) is 10.7 Å². The van der Waals surface area contributed by atoms with Gasteiger partial charge >= 0.3 is 15.6 Å². The van der Waals surface area contributed by atoms with Crippen LogP contribution in [0.4, 0.5) is 13.2 Å². The molecule has 0 spiro atoms. The molecule has 0 aromatic heterocycles. The van der Waals surface area contributed by atoms with Crippen LogP contribution in [-0.4, -0.2) is 23.8 Å². The van der Waals surface area contributed by atoms with E-state index in [9.17, 15) is 26.4 Å². The highest BCUT2D eigenvalue weighted by Crippen LogP contribution is 2.29. The summed E-state index contributed by atoms with van der Waals surface area (Å²) < 4.78 is 62.4. The van der Waals surface area contributed by atoms with Gasteiger partial charge < -0.3 is 4.18 Å². The Hall–Kier alpha value is -1.22. The molecule has 1 unspecified atom stereocenters. The highest BCUT2D eigenvalue weighted by atomic mass is 32.2. The molecular formula is C15H19F3O4S2. The van der Waals surface area contributed by atoms with Crippen LogP contribution in [0.25, 0.3) is 0 Å². The quantitative estimate of drug-likeness (QED) is 0.564. The molecule has 0 radical (unpaired) electrons. The molecule has 1 atom stereocenters. The Morgan fingerprint density at radius 2 is 1.67 bits per heavy atom. The Kier molecular flexibility index (Phi) is 6.37. The fourth-order valence-electron chi connectivity index (χ4n) is 1.69. The SMILES string of the molecule is CC(Cc1ccc(OS(=O)(=O)C(F)(F)F)cc1)C(=O)SC(C)(C)C. The third kappa shape index (κ3) is 6.35. The Balaban J connectivity index is 2.74. The van der Waals surface area contributed by atoms with Gasteiger partial charge in [-0.3, -0.25) is 4.79 Å². The Morgan fingerprint density at radius 1 is 1.17 bits per heavy atom. The maximum Gasteiger partial charge on any atom is 0.534 e. The molecule has 0 aliphatic rings. The molecule has 0 fully saturated rings. The van der Waals surface area contributed by atoms with E-state index in [4.69, 9.17) is 0 Å². The average Bonchev–Trinajstić information content (AvgIpc) is 2.37. The molecule has 0 saturated carbocycles. The second-order valence-electron chi connectivity index (χ2n) is 6.27. The zero-order valence-electron chi connectivity index (χ0n) is 13.7. The van der Waals surface area contributed by atoms with Crippen LogP contribution in [0.15, 0.2) is 24.3 Å². The van der Waals surface area contributed by atoms with E-state index in [0.29, 0.717) is 12.0 Å². The molecule has 1 aromatic rings. The van der Waals surface area contributed by atoms with Crippen molar-refractivity contribution in [2.24, 2.45) is 5.92 Å². The number of benzene rings is 1. The summed E-state index contributed by atoms with van der Waals surface area (Å²) in [7, 11) is -5.68. The number of carbonyl (C=O) groups excluding carboxylic acids is 1. The first-order valence-electron chi connectivity index (χ1n) is 7.04. The fraction of sp³-hybridized carbons (Fsp3) is 0.533. The van der Waals surface area contributed by atoms with Crippen LogP contribution in [0, 0.1) is 5.92 Å². The van der Waals surface area contributed by atoms with Crippen LogP contribution in [0.3, 0.4) is 0 Å². The molecule has 1 rings (SSSR count). The zero-order valence-corrected chi connectivity index (χ0v) is 15.3.